The Balaban J connectivity index is 0.000000496. The van der Waals surface area contributed by atoms with Crippen molar-refractivity contribution in [1.82, 2.24) is 25.3 Å². The van der Waals surface area contributed by atoms with Gasteiger partial charge >= 0.3 is 6.09 Å². The van der Waals surface area contributed by atoms with E-state index in [1.165, 1.54) is 24.2 Å². The standard InChI is InChI=1S/C28H38F2N4O2.C7H12N4O3.2ClH/c1-3-4-10-25-24(20-11-13-23(14-12-20)36-22-8-6-5-7-9-22)17-26(33-32-25)27(35)31-18-21-19-34(2)16-15-28(21,29)30;8-10-9-3-5-4-11(7(13)14)2-1-6(5)12;;/h11-14,17,21-22H,3-10,15-16,18-19H2,1-2H3,(H,31,35);5-6,12H,1-4H2,(H,13,14);2*1H. The molecule has 3 unspecified atom stereocenters. The number of carbonyl (C=O) groups excluding carboxylic acids is 1. The fourth-order valence-electron chi connectivity index (χ4n) is 6.58. The van der Waals surface area contributed by atoms with Crippen LogP contribution >= 0.6 is 24.8 Å². The van der Waals surface area contributed by atoms with Gasteiger partial charge in [-0.15, -0.1) is 29.9 Å². The quantitative estimate of drug-likeness (QED) is 0.124. The van der Waals surface area contributed by atoms with Crippen molar-refractivity contribution < 1.29 is 33.3 Å². The molecule has 1 saturated carbocycles. The maximum absolute atomic E-state index is 14.3. The van der Waals surface area contributed by atoms with Gasteiger partial charge in [-0.1, -0.05) is 37.0 Å². The molecule has 2 saturated heterocycles. The summed E-state index contributed by atoms with van der Waals surface area (Å²) in [6.07, 6.45) is 7.54. The molecule has 2 aliphatic heterocycles. The second kappa shape index (κ2) is 21.9. The summed E-state index contributed by atoms with van der Waals surface area (Å²) in [6, 6.07) is 9.65. The molecule has 3 N–H and O–H groups in total. The van der Waals surface area contributed by atoms with Gasteiger partial charge in [0.15, 0.2) is 5.69 Å². The molecule has 3 fully saturated rings. The van der Waals surface area contributed by atoms with Crippen LogP contribution in [0.3, 0.4) is 0 Å². The first-order valence-electron chi connectivity index (χ1n) is 17.7. The maximum Gasteiger partial charge on any atom is 0.407 e. The Kier molecular flexibility index (Phi) is 18.8. The van der Waals surface area contributed by atoms with E-state index in [2.05, 4.69) is 32.5 Å². The van der Waals surface area contributed by atoms with Gasteiger partial charge in [0.25, 0.3) is 11.8 Å². The van der Waals surface area contributed by atoms with Crippen LogP contribution in [-0.2, 0) is 6.42 Å². The first kappa shape index (κ1) is 44.7. The van der Waals surface area contributed by atoms with Gasteiger partial charge in [-0.2, -0.15) is 5.10 Å². The van der Waals surface area contributed by atoms with Crippen LogP contribution in [0.4, 0.5) is 13.6 Å². The normalized spacial score (nSPS) is 21.6. The summed E-state index contributed by atoms with van der Waals surface area (Å²) in [5, 5.41) is 32.7. The number of azide groups is 1. The highest BCUT2D eigenvalue weighted by Crippen LogP contribution is 2.33. The summed E-state index contributed by atoms with van der Waals surface area (Å²) >= 11 is 0. The van der Waals surface area contributed by atoms with Crippen LogP contribution < -0.4 is 10.1 Å². The Morgan fingerprint density at radius 3 is 2.46 bits per heavy atom. The second-order valence-electron chi connectivity index (χ2n) is 13.5. The predicted molar refractivity (Wildman–Crippen MR) is 199 cm³/mol. The van der Waals surface area contributed by atoms with Crippen molar-refractivity contribution in [3.8, 4) is 16.9 Å². The summed E-state index contributed by atoms with van der Waals surface area (Å²) in [7, 11) is 1.82. The molecule has 0 radical (unpaired) electrons. The zero-order chi connectivity index (χ0) is 36.1. The van der Waals surface area contributed by atoms with Gasteiger partial charge in [0.1, 0.15) is 5.75 Å². The smallest absolute Gasteiger partial charge is 0.407 e. The predicted octanol–water partition coefficient (Wildman–Crippen LogP) is 7.02. The fraction of sp³-hybridized carbons (Fsp3) is 0.657. The van der Waals surface area contributed by atoms with Crippen molar-refractivity contribution in [1.29, 1.82) is 0 Å². The first-order chi connectivity index (χ1) is 24.0. The monoisotopic (exact) mass is 772 g/mol. The number of carbonyl (C=O) groups is 2. The Labute approximate surface area is 316 Å². The lowest BCUT2D eigenvalue weighted by Crippen LogP contribution is -2.50. The largest absolute Gasteiger partial charge is 0.490 e. The van der Waals surface area contributed by atoms with Gasteiger partial charge in [-0.3, -0.25) is 4.79 Å². The SMILES string of the molecule is CCCCc1nnc(C(=O)NCC2CN(C)CCC2(F)F)cc1-c1ccc(OC2CCCCC2)cc1.Cl.Cl.[N-]=[N+]=NCC1CN(C(=O)O)CCC1O. The lowest BCUT2D eigenvalue weighted by atomic mass is 9.93. The minimum atomic E-state index is -2.79. The Morgan fingerprint density at radius 2 is 1.81 bits per heavy atom. The Bertz CT molecular complexity index is 1470. The summed E-state index contributed by atoms with van der Waals surface area (Å²) in [5.41, 5.74) is 10.8. The van der Waals surface area contributed by atoms with E-state index in [9.17, 15) is 23.5 Å². The molecule has 52 heavy (non-hydrogen) atoms. The Morgan fingerprint density at radius 1 is 1.10 bits per heavy atom. The minimum absolute atomic E-state index is 0. The average Bonchev–Trinajstić information content (AvgIpc) is 3.11. The van der Waals surface area contributed by atoms with Gasteiger partial charge in [0.2, 0.25) is 0 Å². The van der Waals surface area contributed by atoms with Gasteiger partial charge in [-0.05, 0) is 81.3 Å². The number of benzene rings is 1. The minimum Gasteiger partial charge on any atom is -0.490 e. The van der Waals surface area contributed by atoms with Crippen LogP contribution in [0.25, 0.3) is 21.6 Å². The number of unbranched alkanes of at least 4 members (excludes halogenated alkanes) is 1. The second-order valence-corrected chi connectivity index (χ2v) is 13.5. The number of alkyl halides is 2. The fourth-order valence-corrected chi connectivity index (χ4v) is 6.58. The van der Waals surface area contributed by atoms with E-state index in [1.54, 1.807) is 6.07 Å². The number of piperidine rings is 2. The van der Waals surface area contributed by atoms with E-state index in [4.69, 9.17) is 15.4 Å². The lowest BCUT2D eigenvalue weighted by molar-refractivity contribution is -0.0994. The number of nitrogens with one attached hydrogen (secondary N) is 1. The molecular formula is C35H52Cl2F2N8O5. The zero-order valence-corrected chi connectivity index (χ0v) is 31.5. The van der Waals surface area contributed by atoms with Gasteiger partial charge < -0.3 is 30.1 Å². The molecule has 1 aliphatic carbocycles. The number of hydrogen-bond donors (Lipinski definition) is 3. The van der Waals surface area contributed by atoms with Crippen LogP contribution in [0.2, 0.25) is 0 Å². The molecular weight excluding hydrogens is 721 g/mol. The summed E-state index contributed by atoms with van der Waals surface area (Å²) in [4.78, 5) is 29.2. The van der Waals surface area contributed by atoms with Crippen molar-refractivity contribution in [3.05, 3.63) is 52.2 Å². The molecule has 5 rings (SSSR count). The molecule has 3 atom stereocenters. The molecule has 2 amide bonds. The van der Waals surface area contributed by atoms with Crippen molar-refractivity contribution in [3.63, 3.8) is 0 Å². The van der Waals surface area contributed by atoms with E-state index >= 15 is 0 Å². The molecule has 0 bridgehead atoms. The van der Waals surface area contributed by atoms with Crippen molar-refractivity contribution in [2.75, 3.05) is 46.3 Å². The number of rotatable bonds is 11. The Hall–Kier alpha value is -3.49. The number of amides is 2. The summed E-state index contributed by atoms with van der Waals surface area (Å²) in [5.74, 6) is -3.63. The molecule has 3 aliphatic rings. The van der Waals surface area contributed by atoms with E-state index in [0.29, 0.717) is 19.5 Å². The molecule has 290 valence electrons. The third-order valence-electron chi connectivity index (χ3n) is 9.70. The summed E-state index contributed by atoms with van der Waals surface area (Å²) < 4.78 is 34.8. The van der Waals surface area contributed by atoms with E-state index < -0.39 is 29.9 Å². The number of aliphatic hydroxyl groups is 1. The highest BCUT2D eigenvalue weighted by molar-refractivity contribution is 5.93. The molecule has 3 heterocycles. The topological polar surface area (TPSA) is 177 Å². The van der Waals surface area contributed by atoms with Crippen LogP contribution in [0, 0.1) is 11.8 Å². The number of aryl methyl sites for hydroxylation is 1. The number of aliphatic hydroxyl groups excluding tert-OH is 1. The van der Waals surface area contributed by atoms with Crippen molar-refractivity contribution in [2.45, 2.75) is 89.3 Å². The number of ether oxygens (including phenoxy) is 1. The third-order valence-corrected chi connectivity index (χ3v) is 9.70. The molecule has 0 spiro atoms. The highest BCUT2D eigenvalue weighted by Gasteiger charge is 2.43. The molecule has 13 nitrogen and oxygen atoms in total. The van der Waals surface area contributed by atoms with Crippen LogP contribution in [0.15, 0.2) is 35.4 Å². The average molecular weight is 774 g/mol. The van der Waals surface area contributed by atoms with Gasteiger partial charge in [0.05, 0.1) is 23.8 Å². The van der Waals surface area contributed by atoms with E-state index in [-0.39, 0.29) is 75.1 Å². The summed E-state index contributed by atoms with van der Waals surface area (Å²) in [6.45, 7) is 3.33. The number of hydrogen-bond acceptors (Lipinski definition) is 8. The lowest BCUT2D eigenvalue weighted by Gasteiger charge is -2.36. The maximum atomic E-state index is 14.3. The molecule has 17 heteroatoms. The molecule has 1 aromatic carbocycles. The number of carboxylic acid groups (broad SMARTS) is 1. The van der Waals surface area contributed by atoms with Crippen LogP contribution in [-0.4, -0.2) is 107 Å². The number of halogens is 4. The van der Waals surface area contributed by atoms with Gasteiger partial charge in [-0.25, -0.2) is 13.6 Å². The van der Waals surface area contributed by atoms with Crippen LogP contribution in [0.5, 0.6) is 5.75 Å². The highest BCUT2D eigenvalue weighted by atomic mass is 35.5. The number of likely N-dealkylation sites (tertiary alicyclic amines) is 2. The van der Waals surface area contributed by atoms with Crippen LogP contribution in [0.1, 0.15) is 80.9 Å². The van der Waals surface area contributed by atoms with Crippen molar-refractivity contribution >= 4 is 36.8 Å². The molecule has 2 aromatic rings. The van der Waals surface area contributed by atoms with Crippen molar-refractivity contribution in [2.24, 2.45) is 17.0 Å². The van der Waals surface area contributed by atoms with Gasteiger partial charge in [0, 0.05) is 62.1 Å². The van der Waals surface area contributed by atoms with E-state index in [1.807, 2.05) is 36.2 Å². The molecule has 1 aromatic heterocycles. The van der Waals surface area contributed by atoms with E-state index in [0.717, 1.165) is 54.7 Å². The zero-order valence-electron chi connectivity index (χ0n) is 29.8. The third kappa shape index (κ3) is 13.2. The number of aromatic nitrogens is 2. The number of nitrogens with zero attached hydrogens (tertiary/aromatic N) is 7. The first-order valence-corrected chi connectivity index (χ1v) is 17.7.